The fourth-order valence-electron chi connectivity index (χ4n) is 6.26. The van der Waals surface area contributed by atoms with Crippen LogP contribution in [-0.4, -0.2) is 34.9 Å². The first-order chi connectivity index (χ1) is 24.8. The highest BCUT2D eigenvalue weighted by Crippen LogP contribution is 2.36. The minimum Gasteiger partial charge on any atom is -0.297 e. The van der Waals surface area contributed by atoms with E-state index in [-0.39, 0.29) is 23.4 Å². The quantitative estimate of drug-likeness (QED) is 0.175. The molecule has 2 saturated heterocycles. The number of amides is 2. The lowest BCUT2D eigenvalue weighted by Gasteiger charge is -2.19. The van der Waals surface area contributed by atoms with E-state index in [0.717, 1.165) is 34.7 Å². The van der Waals surface area contributed by atoms with E-state index in [2.05, 4.69) is 9.97 Å². The summed E-state index contributed by atoms with van der Waals surface area (Å²) in [5.41, 5.74) is 3.19. The second-order valence-electron chi connectivity index (χ2n) is 12.5. The van der Waals surface area contributed by atoms with Crippen LogP contribution in [0.4, 0.5) is 24.8 Å². The molecule has 2 amide bonds. The number of fused-ring (bicyclic) bond motifs is 3. The summed E-state index contributed by atoms with van der Waals surface area (Å²) < 4.78 is 40.0. The van der Waals surface area contributed by atoms with Gasteiger partial charge in [0.05, 0.1) is 31.5 Å². The van der Waals surface area contributed by atoms with Crippen LogP contribution in [0.3, 0.4) is 0 Å². The van der Waals surface area contributed by atoms with Crippen LogP contribution in [0, 0.1) is 38.2 Å². The first kappa shape index (κ1) is 37.6. The Morgan fingerprint density at radius 1 is 0.615 bits per heavy atom. The second-order valence-corrected chi connectivity index (χ2v) is 14.0. The maximum atomic E-state index is 13.8. The zero-order valence-corrected chi connectivity index (χ0v) is 31.3. The third-order valence-electron chi connectivity index (χ3n) is 9.07. The van der Waals surface area contributed by atoms with Gasteiger partial charge in [0.1, 0.15) is 29.1 Å². The summed E-state index contributed by atoms with van der Waals surface area (Å²) in [6.45, 7) is 6.72. The lowest BCUT2D eigenvalue weighted by Crippen LogP contribution is -2.25. The Kier molecular flexibility index (Phi) is 11.2. The third kappa shape index (κ3) is 7.37. The van der Waals surface area contributed by atoms with E-state index >= 15 is 0 Å². The van der Waals surface area contributed by atoms with Crippen LogP contribution in [0.25, 0.3) is 32.6 Å². The first-order valence-electron chi connectivity index (χ1n) is 16.4. The van der Waals surface area contributed by atoms with Crippen molar-refractivity contribution in [2.45, 2.75) is 46.5 Å². The van der Waals surface area contributed by atoms with Crippen molar-refractivity contribution >= 4 is 102 Å². The highest BCUT2D eigenvalue weighted by molar-refractivity contribution is 6.40. The topological polar surface area (TPSA) is 66.4 Å². The van der Waals surface area contributed by atoms with Gasteiger partial charge < -0.3 is 0 Å². The minimum atomic E-state index is -0.391. The molecule has 0 N–H and O–H groups in total. The van der Waals surface area contributed by atoms with Gasteiger partial charge in [0.2, 0.25) is 11.8 Å². The standard InChI is InChI=1S/2C14H12ClFN2O.C11H7Cl2F/c1-8-13(15)12-9(16)4-2-5-10(12)17-14(8)18-7-3-6-11(18)19;1-8-13(15)10-5-4-9(16)7-11(10)17-14(8)18-6-2-3-12(18)19;1-6-10(12)5-7-4-8(14)2-3-9(7)11(6)13/h2,4-5H,3,6-7H2,1H3;4-5,7H,2-3,6H2,1H3;2-5H,1H3. The summed E-state index contributed by atoms with van der Waals surface area (Å²) in [4.78, 5) is 35.7. The van der Waals surface area contributed by atoms with E-state index in [9.17, 15) is 22.8 Å². The Labute approximate surface area is 318 Å². The summed E-state index contributed by atoms with van der Waals surface area (Å²) in [5, 5.41) is 4.59. The maximum Gasteiger partial charge on any atom is 0.228 e. The second kappa shape index (κ2) is 15.4. The molecule has 13 heteroatoms. The molecular formula is C39H31Cl4F3N4O2. The van der Waals surface area contributed by atoms with Gasteiger partial charge in [-0.05, 0) is 93.1 Å². The molecule has 268 valence electrons. The summed E-state index contributed by atoms with van der Waals surface area (Å²) in [5.74, 6) is 0.144. The largest absolute Gasteiger partial charge is 0.297 e. The molecule has 2 fully saturated rings. The molecule has 0 bridgehead atoms. The Morgan fingerprint density at radius 3 is 1.75 bits per heavy atom. The fourth-order valence-corrected chi connectivity index (χ4v) is 7.31. The highest BCUT2D eigenvalue weighted by Gasteiger charge is 2.27. The molecule has 4 aromatic carbocycles. The number of rotatable bonds is 2. The van der Waals surface area contributed by atoms with E-state index < -0.39 is 5.82 Å². The lowest BCUT2D eigenvalue weighted by molar-refractivity contribution is -0.117. The molecule has 0 unspecified atom stereocenters. The van der Waals surface area contributed by atoms with Crippen molar-refractivity contribution in [1.29, 1.82) is 0 Å². The minimum absolute atomic E-state index is 0.0439. The predicted octanol–water partition coefficient (Wildman–Crippen LogP) is 11.5. The molecule has 2 aliphatic heterocycles. The molecule has 6 aromatic rings. The Balaban J connectivity index is 0.000000136. The van der Waals surface area contributed by atoms with Crippen LogP contribution in [0.1, 0.15) is 42.4 Å². The average molecular weight is 787 g/mol. The highest BCUT2D eigenvalue weighted by atomic mass is 35.5. The van der Waals surface area contributed by atoms with Crippen LogP contribution in [0.5, 0.6) is 0 Å². The number of hydrogen-bond donors (Lipinski definition) is 0. The third-order valence-corrected chi connectivity index (χ3v) is 10.9. The van der Waals surface area contributed by atoms with Crippen molar-refractivity contribution < 1.29 is 22.8 Å². The smallest absolute Gasteiger partial charge is 0.228 e. The van der Waals surface area contributed by atoms with Crippen LogP contribution < -0.4 is 9.80 Å². The number of hydrogen-bond acceptors (Lipinski definition) is 4. The summed E-state index contributed by atoms with van der Waals surface area (Å²) in [6, 6.07) is 15.2. The number of nitrogens with zero attached hydrogens (tertiary/aromatic N) is 4. The molecule has 0 atom stereocenters. The molecule has 6 nitrogen and oxygen atoms in total. The van der Waals surface area contributed by atoms with Crippen molar-refractivity contribution in [2.75, 3.05) is 22.9 Å². The SMILES string of the molecule is Cc1c(Cl)cc2cc(F)ccc2c1Cl.Cc1c(N2CCCC2=O)nc2cc(F)ccc2c1Cl.Cc1c(N2CCCC2=O)nc2cccc(F)c2c1Cl. The summed E-state index contributed by atoms with van der Waals surface area (Å²) in [6.07, 6.45) is 2.69. The van der Waals surface area contributed by atoms with E-state index in [1.165, 1.54) is 30.3 Å². The number of benzene rings is 4. The molecule has 4 heterocycles. The van der Waals surface area contributed by atoms with Gasteiger partial charge in [0.15, 0.2) is 0 Å². The maximum absolute atomic E-state index is 13.8. The van der Waals surface area contributed by atoms with E-state index in [1.807, 2.05) is 13.8 Å². The van der Waals surface area contributed by atoms with Crippen LogP contribution >= 0.6 is 46.4 Å². The van der Waals surface area contributed by atoms with Crippen molar-refractivity contribution in [3.63, 3.8) is 0 Å². The Bertz CT molecular complexity index is 2380. The monoisotopic (exact) mass is 784 g/mol. The molecular weight excluding hydrogens is 755 g/mol. The van der Waals surface area contributed by atoms with Crippen molar-refractivity contribution in [3.05, 3.63) is 115 Å². The molecule has 0 saturated carbocycles. The number of halogens is 7. The number of aromatic nitrogens is 2. The van der Waals surface area contributed by atoms with Crippen LogP contribution in [0.2, 0.25) is 20.1 Å². The predicted molar refractivity (Wildman–Crippen MR) is 205 cm³/mol. The van der Waals surface area contributed by atoms with Gasteiger partial charge >= 0.3 is 0 Å². The zero-order chi connectivity index (χ0) is 37.4. The van der Waals surface area contributed by atoms with E-state index in [4.69, 9.17) is 46.4 Å². The number of anilines is 2. The van der Waals surface area contributed by atoms with Crippen molar-refractivity contribution in [1.82, 2.24) is 9.97 Å². The lowest BCUT2D eigenvalue weighted by atomic mass is 10.1. The van der Waals surface area contributed by atoms with Crippen LogP contribution in [0.15, 0.2) is 60.7 Å². The molecule has 52 heavy (non-hydrogen) atoms. The Hall–Kier alpha value is -4.15. The van der Waals surface area contributed by atoms with Gasteiger partial charge in [-0.1, -0.05) is 52.5 Å². The molecule has 0 spiro atoms. The van der Waals surface area contributed by atoms with Gasteiger partial charge in [-0.3, -0.25) is 19.4 Å². The van der Waals surface area contributed by atoms with E-state index in [1.54, 1.807) is 47.1 Å². The number of pyridine rings is 2. The van der Waals surface area contributed by atoms with Gasteiger partial charge in [-0.15, -0.1) is 0 Å². The summed E-state index contributed by atoms with van der Waals surface area (Å²) >= 11 is 24.6. The van der Waals surface area contributed by atoms with Gasteiger partial charge in [0, 0.05) is 58.9 Å². The van der Waals surface area contributed by atoms with Gasteiger partial charge in [-0.2, -0.15) is 0 Å². The molecule has 0 radical (unpaired) electrons. The number of carbonyl (C=O) groups is 2. The fraction of sp³-hybridized carbons (Fsp3) is 0.231. The Morgan fingerprint density at radius 2 is 1.15 bits per heavy atom. The average Bonchev–Trinajstić information content (AvgIpc) is 3.74. The van der Waals surface area contributed by atoms with Crippen molar-refractivity contribution in [3.8, 4) is 0 Å². The normalized spacial score (nSPS) is 14.3. The first-order valence-corrected chi connectivity index (χ1v) is 17.9. The molecule has 2 aliphatic rings. The summed E-state index contributed by atoms with van der Waals surface area (Å²) in [7, 11) is 0. The van der Waals surface area contributed by atoms with Gasteiger partial charge in [0.25, 0.3) is 0 Å². The van der Waals surface area contributed by atoms with E-state index in [0.29, 0.717) is 85.0 Å². The zero-order valence-electron chi connectivity index (χ0n) is 28.3. The molecule has 0 aliphatic carbocycles. The van der Waals surface area contributed by atoms with Crippen molar-refractivity contribution in [2.24, 2.45) is 0 Å². The number of carbonyl (C=O) groups excluding carboxylic acids is 2. The molecule has 8 rings (SSSR count). The van der Waals surface area contributed by atoms with Crippen LogP contribution in [-0.2, 0) is 9.59 Å². The molecule has 2 aromatic heterocycles. The van der Waals surface area contributed by atoms with Gasteiger partial charge in [-0.25, -0.2) is 23.1 Å².